The van der Waals surface area contributed by atoms with E-state index in [1.54, 1.807) is 18.4 Å². The minimum Gasteiger partial charge on any atom is -0.493 e. The molecule has 0 radical (unpaired) electrons. The van der Waals surface area contributed by atoms with E-state index in [0.29, 0.717) is 11.6 Å². The molecule has 1 atom stereocenters. The fourth-order valence-corrected chi connectivity index (χ4v) is 3.63. The summed E-state index contributed by atoms with van der Waals surface area (Å²) in [6.45, 7) is 2.65. The molecule has 3 heterocycles. The second-order valence-electron chi connectivity index (χ2n) is 5.30. The molecule has 22 heavy (non-hydrogen) atoms. The number of ether oxygens (including phenoxy) is 1. The third-order valence-electron chi connectivity index (χ3n) is 3.83. The number of nitrogens with one attached hydrogen (secondary N) is 1. The summed E-state index contributed by atoms with van der Waals surface area (Å²) in [6.07, 6.45) is 2.03. The molecule has 0 spiro atoms. The maximum absolute atomic E-state index is 12.6. The van der Waals surface area contributed by atoms with E-state index in [4.69, 9.17) is 4.74 Å². The van der Waals surface area contributed by atoms with E-state index in [2.05, 4.69) is 21.7 Å². The number of urea groups is 1. The number of rotatable bonds is 3. The highest BCUT2D eigenvalue weighted by Crippen LogP contribution is 2.35. The lowest BCUT2D eigenvalue weighted by atomic mass is 10.2. The monoisotopic (exact) mass is 317 g/mol. The van der Waals surface area contributed by atoms with Gasteiger partial charge in [-0.05, 0) is 43.3 Å². The van der Waals surface area contributed by atoms with E-state index in [0.717, 1.165) is 25.1 Å². The Kier molecular flexibility index (Phi) is 4.29. The van der Waals surface area contributed by atoms with Gasteiger partial charge in [0, 0.05) is 17.1 Å². The minimum atomic E-state index is -0.118. The molecule has 0 aromatic carbocycles. The van der Waals surface area contributed by atoms with Gasteiger partial charge in [0.15, 0.2) is 11.6 Å². The van der Waals surface area contributed by atoms with Crippen LogP contribution >= 0.6 is 11.3 Å². The summed E-state index contributed by atoms with van der Waals surface area (Å²) in [6, 6.07) is 7.84. The molecule has 116 valence electrons. The van der Waals surface area contributed by atoms with Crippen LogP contribution in [0.25, 0.3) is 0 Å². The Hall–Kier alpha value is -2.08. The molecule has 2 amide bonds. The van der Waals surface area contributed by atoms with Crippen molar-refractivity contribution in [2.24, 2.45) is 0 Å². The summed E-state index contributed by atoms with van der Waals surface area (Å²) in [7, 11) is 1.58. The van der Waals surface area contributed by atoms with Gasteiger partial charge in [-0.3, -0.25) is 5.32 Å². The van der Waals surface area contributed by atoms with E-state index in [1.165, 1.54) is 4.88 Å². The predicted octanol–water partition coefficient (Wildman–Crippen LogP) is 3.83. The number of carbonyl (C=O) groups is 1. The molecule has 1 N–H and O–H groups in total. The maximum Gasteiger partial charge on any atom is 0.323 e. The lowest BCUT2D eigenvalue weighted by Crippen LogP contribution is -2.34. The first-order valence-electron chi connectivity index (χ1n) is 7.31. The van der Waals surface area contributed by atoms with Crippen molar-refractivity contribution in [2.75, 3.05) is 19.0 Å². The number of likely N-dealkylation sites (tertiary alicyclic amines) is 1. The first-order valence-corrected chi connectivity index (χ1v) is 8.19. The van der Waals surface area contributed by atoms with Crippen molar-refractivity contribution in [3.05, 3.63) is 40.2 Å². The number of aromatic nitrogens is 1. The van der Waals surface area contributed by atoms with Crippen LogP contribution in [0.3, 0.4) is 0 Å². The number of nitrogens with zero attached hydrogens (tertiary/aromatic N) is 2. The molecule has 0 saturated carbocycles. The topological polar surface area (TPSA) is 54.5 Å². The molecule has 1 aliphatic rings. The number of aryl methyl sites for hydroxylation is 1. The third kappa shape index (κ3) is 2.92. The van der Waals surface area contributed by atoms with E-state index in [9.17, 15) is 4.79 Å². The van der Waals surface area contributed by atoms with Crippen LogP contribution in [0, 0.1) is 6.92 Å². The van der Waals surface area contributed by atoms with Crippen molar-refractivity contribution < 1.29 is 9.53 Å². The van der Waals surface area contributed by atoms with E-state index >= 15 is 0 Å². The summed E-state index contributed by atoms with van der Waals surface area (Å²) in [5, 5.41) is 4.94. The van der Waals surface area contributed by atoms with Crippen LogP contribution in [0.4, 0.5) is 10.6 Å². The fourth-order valence-electron chi connectivity index (χ4n) is 2.76. The Labute approximate surface area is 133 Å². The number of hydrogen-bond acceptors (Lipinski definition) is 4. The Balaban J connectivity index is 1.78. The molecule has 6 heteroatoms. The minimum absolute atomic E-state index is 0.118. The smallest absolute Gasteiger partial charge is 0.323 e. The van der Waals surface area contributed by atoms with E-state index in [1.807, 2.05) is 30.0 Å². The Morgan fingerprint density at radius 2 is 2.32 bits per heavy atom. The summed E-state index contributed by atoms with van der Waals surface area (Å²) < 4.78 is 5.27. The SMILES string of the molecule is COc1ccc(C)nc1NC(=O)N1CCC[C@H]1c1cccs1. The van der Waals surface area contributed by atoms with Crippen molar-refractivity contribution in [2.45, 2.75) is 25.8 Å². The molecule has 1 aliphatic heterocycles. The van der Waals surface area contributed by atoms with Crippen LogP contribution in [0.2, 0.25) is 0 Å². The van der Waals surface area contributed by atoms with Gasteiger partial charge >= 0.3 is 6.03 Å². The lowest BCUT2D eigenvalue weighted by Gasteiger charge is -2.24. The number of carbonyl (C=O) groups excluding carboxylic acids is 1. The van der Waals surface area contributed by atoms with Crippen LogP contribution < -0.4 is 10.1 Å². The van der Waals surface area contributed by atoms with E-state index in [-0.39, 0.29) is 12.1 Å². The summed E-state index contributed by atoms with van der Waals surface area (Å²) in [4.78, 5) is 20.1. The van der Waals surface area contributed by atoms with Crippen molar-refractivity contribution in [3.8, 4) is 5.75 Å². The van der Waals surface area contributed by atoms with E-state index < -0.39 is 0 Å². The Bertz CT molecular complexity index is 657. The van der Waals surface area contributed by atoms with Crippen molar-refractivity contribution in [3.63, 3.8) is 0 Å². The summed E-state index contributed by atoms with van der Waals surface area (Å²) in [5.41, 5.74) is 0.840. The van der Waals surface area contributed by atoms with Gasteiger partial charge in [0.05, 0.1) is 13.2 Å². The zero-order valence-electron chi connectivity index (χ0n) is 12.7. The molecule has 1 saturated heterocycles. The third-order valence-corrected chi connectivity index (χ3v) is 4.80. The number of methoxy groups -OCH3 is 1. The zero-order valence-corrected chi connectivity index (χ0v) is 13.5. The van der Waals surface area contributed by atoms with Crippen LogP contribution in [0.1, 0.15) is 29.5 Å². The van der Waals surface area contributed by atoms with Gasteiger partial charge < -0.3 is 9.64 Å². The van der Waals surface area contributed by atoms with Crippen molar-refractivity contribution in [1.82, 2.24) is 9.88 Å². The summed E-state index contributed by atoms with van der Waals surface area (Å²) in [5.74, 6) is 1.05. The Morgan fingerprint density at radius 1 is 1.45 bits per heavy atom. The highest BCUT2D eigenvalue weighted by Gasteiger charge is 2.31. The van der Waals surface area contributed by atoms with Gasteiger partial charge in [0.1, 0.15) is 0 Å². The number of amides is 2. The molecule has 0 bridgehead atoms. The highest BCUT2D eigenvalue weighted by atomic mass is 32.1. The Morgan fingerprint density at radius 3 is 3.05 bits per heavy atom. The molecule has 0 aliphatic carbocycles. The van der Waals surface area contributed by atoms with Gasteiger partial charge in [0.25, 0.3) is 0 Å². The summed E-state index contributed by atoms with van der Waals surface area (Å²) >= 11 is 1.70. The van der Waals surface area contributed by atoms with Gasteiger partial charge in [0.2, 0.25) is 0 Å². The number of anilines is 1. The molecule has 2 aromatic heterocycles. The van der Waals surface area contributed by atoms with Gasteiger partial charge in [-0.25, -0.2) is 9.78 Å². The lowest BCUT2D eigenvalue weighted by molar-refractivity contribution is 0.207. The molecule has 5 nitrogen and oxygen atoms in total. The van der Waals surface area contributed by atoms with Crippen LogP contribution in [0.5, 0.6) is 5.75 Å². The standard InChI is InChI=1S/C16H19N3O2S/c1-11-7-8-13(21-2)15(17-11)18-16(20)19-9-3-5-12(19)14-6-4-10-22-14/h4,6-8,10,12H,3,5,9H2,1-2H3,(H,17,18,20)/t12-/m0/s1. The van der Waals surface area contributed by atoms with Crippen molar-refractivity contribution in [1.29, 1.82) is 0 Å². The first-order chi connectivity index (χ1) is 10.7. The van der Waals surface area contributed by atoms with Crippen LogP contribution in [-0.4, -0.2) is 29.6 Å². The van der Waals surface area contributed by atoms with Crippen LogP contribution in [0.15, 0.2) is 29.6 Å². The van der Waals surface area contributed by atoms with Crippen LogP contribution in [-0.2, 0) is 0 Å². The zero-order chi connectivity index (χ0) is 15.5. The molecular formula is C16H19N3O2S. The molecule has 0 unspecified atom stereocenters. The van der Waals surface area contributed by atoms with Gasteiger partial charge in [-0.15, -0.1) is 11.3 Å². The van der Waals surface area contributed by atoms with Gasteiger partial charge in [-0.1, -0.05) is 6.07 Å². The average Bonchev–Trinajstić information content (AvgIpc) is 3.18. The highest BCUT2D eigenvalue weighted by molar-refractivity contribution is 7.10. The largest absolute Gasteiger partial charge is 0.493 e. The van der Waals surface area contributed by atoms with Crippen molar-refractivity contribution >= 4 is 23.2 Å². The number of pyridine rings is 1. The average molecular weight is 317 g/mol. The predicted molar refractivity (Wildman–Crippen MR) is 87.5 cm³/mol. The second kappa shape index (κ2) is 6.36. The number of hydrogen-bond donors (Lipinski definition) is 1. The molecule has 3 rings (SSSR count). The molecular weight excluding hydrogens is 298 g/mol. The maximum atomic E-state index is 12.6. The first kappa shape index (κ1) is 14.8. The number of thiophene rings is 1. The quantitative estimate of drug-likeness (QED) is 0.936. The normalized spacial score (nSPS) is 17.5. The molecule has 1 fully saturated rings. The second-order valence-corrected chi connectivity index (χ2v) is 6.28. The molecule has 2 aromatic rings. The fraction of sp³-hybridized carbons (Fsp3) is 0.375. The van der Waals surface area contributed by atoms with Gasteiger partial charge in [-0.2, -0.15) is 0 Å².